The van der Waals surface area contributed by atoms with Crippen molar-refractivity contribution in [1.82, 2.24) is 4.31 Å². The van der Waals surface area contributed by atoms with E-state index in [-0.39, 0.29) is 10.8 Å². The number of nitrogens with zero attached hydrogens (tertiary/aromatic N) is 1. The van der Waals surface area contributed by atoms with Crippen molar-refractivity contribution in [3.8, 4) is 5.75 Å². The second-order valence-corrected chi connectivity index (χ2v) is 7.80. The van der Waals surface area contributed by atoms with E-state index in [1.807, 2.05) is 6.92 Å². The molecule has 2 aromatic carbocycles. The lowest BCUT2D eigenvalue weighted by atomic mass is 10.2. The number of carbonyl (C=O) groups is 1. The number of ether oxygens (including phenoxy) is 1. The van der Waals surface area contributed by atoms with E-state index in [1.165, 1.54) is 20.2 Å². The molecule has 0 radical (unpaired) electrons. The highest BCUT2D eigenvalue weighted by Gasteiger charge is 2.20. The Bertz CT molecular complexity index is 859. The number of hydrogen-bond donors (Lipinski definition) is 1. The molecule has 0 fully saturated rings. The molecule has 0 spiro atoms. The van der Waals surface area contributed by atoms with E-state index in [0.29, 0.717) is 29.2 Å². The van der Waals surface area contributed by atoms with E-state index in [4.69, 9.17) is 4.74 Å². The van der Waals surface area contributed by atoms with Gasteiger partial charge in [-0.3, -0.25) is 4.79 Å². The van der Waals surface area contributed by atoms with Crippen LogP contribution in [-0.2, 0) is 10.0 Å². The molecule has 1 amide bonds. The summed E-state index contributed by atoms with van der Waals surface area (Å²) in [6, 6.07) is 11.6. The first-order chi connectivity index (χ1) is 11.8. The summed E-state index contributed by atoms with van der Waals surface area (Å²) < 4.78 is 31.2. The Morgan fingerprint density at radius 3 is 2.32 bits per heavy atom. The molecule has 0 heterocycles. The predicted molar refractivity (Wildman–Crippen MR) is 97.6 cm³/mol. The Morgan fingerprint density at radius 2 is 1.76 bits per heavy atom. The van der Waals surface area contributed by atoms with E-state index in [0.717, 1.165) is 4.31 Å². The molecule has 0 bridgehead atoms. The average molecular weight is 362 g/mol. The summed E-state index contributed by atoms with van der Waals surface area (Å²) in [6.45, 7) is 4.16. The number of anilines is 1. The molecule has 134 valence electrons. The summed E-state index contributed by atoms with van der Waals surface area (Å²) in [5.74, 6) is 0.369. The SMILES string of the molecule is CCOc1ccc(C(=O)Nc2ccc(C)c(S(=O)(=O)N(C)C)c2)cc1. The molecular weight excluding hydrogens is 340 g/mol. The Kier molecular flexibility index (Phi) is 5.81. The fraction of sp³-hybridized carbons (Fsp3) is 0.278. The molecule has 7 heteroatoms. The number of hydrogen-bond acceptors (Lipinski definition) is 4. The highest BCUT2D eigenvalue weighted by molar-refractivity contribution is 7.89. The molecule has 0 aliphatic rings. The zero-order valence-electron chi connectivity index (χ0n) is 14.7. The first-order valence-corrected chi connectivity index (χ1v) is 9.27. The Morgan fingerprint density at radius 1 is 1.12 bits per heavy atom. The first-order valence-electron chi connectivity index (χ1n) is 7.83. The van der Waals surface area contributed by atoms with Gasteiger partial charge in [0.25, 0.3) is 5.91 Å². The minimum atomic E-state index is -3.58. The molecule has 0 aliphatic carbocycles. The van der Waals surface area contributed by atoms with Crippen LogP contribution in [0.5, 0.6) is 5.75 Å². The quantitative estimate of drug-likeness (QED) is 0.857. The number of carbonyl (C=O) groups excluding carboxylic acids is 1. The van der Waals surface area contributed by atoms with Crippen molar-refractivity contribution < 1.29 is 17.9 Å². The van der Waals surface area contributed by atoms with E-state index >= 15 is 0 Å². The second-order valence-electron chi connectivity index (χ2n) is 5.68. The van der Waals surface area contributed by atoms with Gasteiger partial charge in [-0.15, -0.1) is 0 Å². The molecule has 0 saturated heterocycles. The summed E-state index contributed by atoms with van der Waals surface area (Å²) >= 11 is 0. The standard InChI is InChI=1S/C18H22N2O4S/c1-5-24-16-10-7-14(8-11-16)18(21)19-15-9-6-13(2)17(12-15)25(22,23)20(3)4/h6-12H,5H2,1-4H3,(H,19,21). The van der Waals surface area contributed by atoms with Gasteiger partial charge < -0.3 is 10.1 Å². The smallest absolute Gasteiger partial charge is 0.255 e. The van der Waals surface area contributed by atoms with Gasteiger partial charge in [-0.1, -0.05) is 6.07 Å². The molecular formula is C18H22N2O4S. The van der Waals surface area contributed by atoms with Crippen LogP contribution in [-0.4, -0.2) is 39.3 Å². The third-order valence-electron chi connectivity index (χ3n) is 3.63. The minimum Gasteiger partial charge on any atom is -0.494 e. The van der Waals surface area contributed by atoms with Crippen LogP contribution in [0.25, 0.3) is 0 Å². The van der Waals surface area contributed by atoms with Gasteiger partial charge in [-0.2, -0.15) is 0 Å². The normalized spacial score (nSPS) is 11.4. The monoisotopic (exact) mass is 362 g/mol. The van der Waals surface area contributed by atoms with Gasteiger partial charge in [0.05, 0.1) is 11.5 Å². The van der Waals surface area contributed by atoms with Crippen molar-refractivity contribution in [2.75, 3.05) is 26.0 Å². The van der Waals surface area contributed by atoms with Gasteiger partial charge >= 0.3 is 0 Å². The lowest BCUT2D eigenvalue weighted by molar-refractivity contribution is 0.102. The van der Waals surface area contributed by atoms with Gasteiger partial charge in [0.15, 0.2) is 0 Å². The number of sulfonamides is 1. The molecule has 0 atom stereocenters. The van der Waals surface area contributed by atoms with Gasteiger partial charge in [-0.05, 0) is 55.8 Å². The predicted octanol–water partition coefficient (Wildman–Crippen LogP) is 2.90. The number of benzene rings is 2. The molecule has 0 saturated carbocycles. The van der Waals surface area contributed by atoms with Gasteiger partial charge in [0.1, 0.15) is 5.75 Å². The van der Waals surface area contributed by atoms with Gasteiger partial charge in [0, 0.05) is 25.3 Å². The molecule has 6 nitrogen and oxygen atoms in total. The van der Waals surface area contributed by atoms with E-state index in [1.54, 1.807) is 43.3 Å². The Labute approximate surface area is 148 Å². The van der Waals surface area contributed by atoms with Crippen LogP contribution in [0.2, 0.25) is 0 Å². The van der Waals surface area contributed by atoms with Crippen molar-refractivity contribution in [2.24, 2.45) is 0 Å². The topological polar surface area (TPSA) is 75.7 Å². The highest BCUT2D eigenvalue weighted by Crippen LogP contribution is 2.23. The molecule has 0 aliphatic heterocycles. The molecule has 1 N–H and O–H groups in total. The third-order valence-corrected chi connectivity index (χ3v) is 5.59. The summed E-state index contributed by atoms with van der Waals surface area (Å²) in [5.41, 5.74) is 1.50. The summed E-state index contributed by atoms with van der Waals surface area (Å²) in [6.07, 6.45) is 0. The lowest BCUT2D eigenvalue weighted by Gasteiger charge is -2.15. The first kappa shape index (κ1) is 19.0. The average Bonchev–Trinajstić information content (AvgIpc) is 2.57. The second kappa shape index (κ2) is 7.67. The van der Waals surface area contributed by atoms with Crippen molar-refractivity contribution in [2.45, 2.75) is 18.7 Å². The van der Waals surface area contributed by atoms with Crippen LogP contribution in [0.3, 0.4) is 0 Å². The number of nitrogens with one attached hydrogen (secondary N) is 1. The lowest BCUT2D eigenvalue weighted by Crippen LogP contribution is -2.23. The summed E-state index contributed by atoms with van der Waals surface area (Å²) in [5, 5.41) is 2.73. The Hall–Kier alpha value is -2.38. The Balaban J connectivity index is 2.24. The van der Waals surface area contributed by atoms with Crippen LogP contribution >= 0.6 is 0 Å². The summed E-state index contributed by atoms with van der Waals surface area (Å²) in [4.78, 5) is 12.5. The maximum absolute atomic E-state index is 12.4. The van der Waals surface area contributed by atoms with Crippen molar-refractivity contribution in [3.63, 3.8) is 0 Å². The van der Waals surface area contributed by atoms with Crippen LogP contribution in [0.15, 0.2) is 47.4 Å². The van der Waals surface area contributed by atoms with E-state index in [9.17, 15) is 13.2 Å². The van der Waals surface area contributed by atoms with Gasteiger partial charge in [0.2, 0.25) is 10.0 Å². The largest absolute Gasteiger partial charge is 0.494 e. The summed E-state index contributed by atoms with van der Waals surface area (Å²) in [7, 11) is -0.633. The maximum atomic E-state index is 12.4. The van der Waals surface area contributed by atoms with Crippen LogP contribution in [0.4, 0.5) is 5.69 Å². The minimum absolute atomic E-state index is 0.169. The van der Waals surface area contributed by atoms with Crippen LogP contribution in [0, 0.1) is 6.92 Å². The maximum Gasteiger partial charge on any atom is 0.255 e. The van der Waals surface area contributed by atoms with E-state index < -0.39 is 10.0 Å². The number of amides is 1. The van der Waals surface area contributed by atoms with Crippen molar-refractivity contribution in [3.05, 3.63) is 53.6 Å². The molecule has 0 aromatic heterocycles. The zero-order valence-corrected chi connectivity index (χ0v) is 15.6. The molecule has 0 unspecified atom stereocenters. The zero-order chi connectivity index (χ0) is 18.6. The highest BCUT2D eigenvalue weighted by atomic mass is 32.2. The van der Waals surface area contributed by atoms with Gasteiger partial charge in [-0.25, -0.2) is 12.7 Å². The van der Waals surface area contributed by atoms with Crippen molar-refractivity contribution >= 4 is 21.6 Å². The van der Waals surface area contributed by atoms with Crippen LogP contribution in [0.1, 0.15) is 22.8 Å². The third kappa shape index (κ3) is 4.37. The molecule has 2 rings (SSSR count). The van der Waals surface area contributed by atoms with E-state index in [2.05, 4.69) is 5.32 Å². The molecule has 25 heavy (non-hydrogen) atoms. The number of rotatable bonds is 6. The van der Waals surface area contributed by atoms with Crippen LogP contribution < -0.4 is 10.1 Å². The fourth-order valence-corrected chi connectivity index (χ4v) is 3.37. The number of aryl methyl sites for hydroxylation is 1. The van der Waals surface area contributed by atoms with Crippen molar-refractivity contribution in [1.29, 1.82) is 0 Å². The molecule has 2 aromatic rings. The fourth-order valence-electron chi connectivity index (χ4n) is 2.22.